The highest BCUT2D eigenvalue weighted by atomic mass is 19.1. The Balaban J connectivity index is 2.31. The van der Waals surface area contributed by atoms with Crippen LogP contribution in [-0.4, -0.2) is 9.55 Å². The van der Waals surface area contributed by atoms with Gasteiger partial charge < -0.3 is 15.0 Å². The van der Waals surface area contributed by atoms with E-state index < -0.39 is 5.82 Å². The van der Waals surface area contributed by atoms with Gasteiger partial charge in [0.25, 0.3) is 5.88 Å². The van der Waals surface area contributed by atoms with Gasteiger partial charge in [0, 0.05) is 37.1 Å². The standard InChI is InChI=1S/C13H14FN3O2/c1-2-17-6-5-16-12(13(17)18)19-10-4-3-9(8-15)11(14)7-10/h3-7H,2,8,15H2,1H3. The van der Waals surface area contributed by atoms with Gasteiger partial charge in [0.15, 0.2) is 0 Å². The molecule has 0 aliphatic rings. The maximum atomic E-state index is 13.5. The fourth-order valence-electron chi connectivity index (χ4n) is 1.61. The van der Waals surface area contributed by atoms with E-state index in [0.29, 0.717) is 12.1 Å². The lowest BCUT2D eigenvalue weighted by Gasteiger charge is -2.07. The zero-order valence-electron chi connectivity index (χ0n) is 10.5. The molecule has 0 saturated carbocycles. The molecule has 0 atom stereocenters. The van der Waals surface area contributed by atoms with Crippen molar-refractivity contribution >= 4 is 0 Å². The van der Waals surface area contributed by atoms with Crippen molar-refractivity contribution in [3.8, 4) is 11.6 Å². The molecule has 2 rings (SSSR count). The van der Waals surface area contributed by atoms with Crippen LogP contribution in [0.5, 0.6) is 11.6 Å². The molecule has 6 heteroatoms. The molecular weight excluding hydrogens is 249 g/mol. The van der Waals surface area contributed by atoms with E-state index in [4.69, 9.17) is 10.5 Å². The summed E-state index contributed by atoms with van der Waals surface area (Å²) in [6.07, 6.45) is 3.03. The Kier molecular flexibility index (Phi) is 3.91. The maximum absolute atomic E-state index is 13.5. The Labute approximate surface area is 109 Å². The summed E-state index contributed by atoms with van der Waals surface area (Å²) in [5.74, 6) is -0.329. The highest BCUT2D eigenvalue weighted by Crippen LogP contribution is 2.19. The van der Waals surface area contributed by atoms with Crippen LogP contribution < -0.4 is 16.0 Å². The van der Waals surface area contributed by atoms with Crippen LogP contribution >= 0.6 is 0 Å². The average molecular weight is 263 g/mol. The third-order valence-corrected chi connectivity index (χ3v) is 2.68. The predicted molar refractivity (Wildman–Crippen MR) is 68.5 cm³/mol. The molecule has 0 aliphatic heterocycles. The summed E-state index contributed by atoms with van der Waals surface area (Å²) in [5.41, 5.74) is 5.40. The topological polar surface area (TPSA) is 70.1 Å². The fraction of sp³-hybridized carbons (Fsp3) is 0.231. The molecule has 0 unspecified atom stereocenters. The van der Waals surface area contributed by atoms with Crippen LogP contribution in [0, 0.1) is 5.82 Å². The normalized spacial score (nSPS) is 10.5. The second-order valence-corrected chi connectivity index (χ2v) is 3.88. The Morgan fingerprint density at radius 3 is 2.89 bits per heavy atom. The third kappa shape index (κ3) is 2.79. The van der Waals surface area contributed by atoms with E-state index in [0.717, 1.165) is 0 Å². The van der Waals surface area contributed by atoms with E-state index >= 15 is 0 Å². The maximum Gasteiger partial charge on any atom is 0.313 e. The zero-order valence-corrected chi connectivity index (χ0v) is 10.5. The van der Waals surface area contributed by atoms with Gasteiger partial charge in [0.05, 0.1) is 0 Å². The number of aryl methyl sites for hydroxylation is 1. The molecule has 0 fully saturated rings. The van der Waals surface area contributed by atoms with Crippen molar-refractivity contribution in [2.75, 3.05) is 0 Å². The number of hydrogen-bond acceptors (Lipinski definition) is 4. The number of nitrogens with two attached hydrogens (primary N) is 1. The van der Waals surface area contributed by atoms with Crippen molar-refractivity contribution in [3.63, 3.8) is 0 Å². The molecule has 0 saturated heterocycles. The summed E-state index contributed by atoms with van der Waals surface area (Å²) in [7, 11) is 0. The lowest BCUT2D eigenvalue weighted by Crippen LogP contribution is -2.20. The average Bonchev–Trinajstić information content (AvgIpc) is 2.41. The molecule has 1 aromatic carbocycles. The van der Waals surface area contributed by atoms with Gasteiger partial charge in [-0.15, -0.1) is 0 Å². The van der Waals surface area contributed by atoms with Crippen molar-refractivity contribution in [3.05, 3.63) is 52.3 Å². The summed E-state index contributed by atoms with van der Waals surface area (Å²) in [6.45, 7) is 2.46. The summed E-state index contributed by atoms with van der Waals surface area (Å²) < 4.78 is 20.3. The summed E-state index contributed by atoms with van der Waals surface area (Å²) in [6, 6.07) is 4.26. The molecule has 0 aliphatic carbocycles. The van der Waals surface area contributed by atoms with Crippen molar-refractivity contribution in [1.82, 2.24) is 9.55 Å². The van der Waals surface area contributed by atoms with E-state index in [1.54, 1.807) is 12.3 Å². The van der Waals surface area contributed by atoms with Crippen LogP contribution in [0.3, 0.4) is 0 Å². The highest BCUT2D eigenvalue weighted by Gasteiger charge is 2.08. The monoisotopic (exact) mass is 263 g/mol. The van der Waals surface area contributed by atoms with E-state index in [-0.39, 0.29) is 23.7 Å². The van der Waals surface area contributed by atoms with Crippen molar-refractivity contribution in [2.24, 2.45) is 5.73 Å². The number of aromatic nitrogens is 2. The summed E-state index contributed by atoms with van der Waals surface area (Å²) in [4.78, 5) is 15.7. The molecule has 19 heavy (non-hydrogen) atoms. The van der Waals surface area contributed by atoms with Gasteiger partial charge in [-0.1, -0.05) is 6.07 Å². The number of halogens is 1. The van der Waals surface area contributed by atoms with Gasteiger partial charge in [-0.25, -0.2) is 9.37 Å². The Morgan fingerprint density at radius 2 is 2.26 bits per heavy atom. The van der Waals surface area contributed by atoms with Crippen LogP contribution in [0.2, 0.25) is 0 Å². The Bertz CT molecular complexity index is 640. The second kappa shape index (κ2) is 5.62. The van der Waals surface area contributed by atoms with Crippen LogP contribution in [0.1, 0.15) is 12.5 Å². The molecule has 5 nitrogen and oxygen atoms in total. The molecule has 2 N–H and O–H groups in total. The minimum Gasteiger partial charge on any atom is -0.435 e. The largest absolute Gasteiger partial charge is 0.435 e. The first-order valence-corrected chi connectivity index (χ1v) is 5.87. The minimum absolute atomic E-state index is 0.0794. The van der Waals surface area contributed by atoms with Gasteiger partial charge in [0.1, 0.15) is 11.6 Å². The lowest BCUT2D eigenvalue weighted by molar-refractivity contribution is 0.441. The van der Waals surface area contributed by atoms with E-state index in [2.05, 4.69) is 4.98 Å². The summed E-state index contributed by atoms with van der Waals surface area (Å²) >= 11 is 0. The van der Waals surface area contributed by atoms with Gasteiger partial charge in [-0.3, -0.25) is 4.79 Å². The summed E-state index contributed by atoms with van der Waals surface area (Å²) in [5, 5.41) is 0. The molecule has 1 heterocycles. The molecular formula is C13H14FN3O2. The SMILES string of the molecule is CCn1ccnc(Oc2ccc(CN)c(F)c2)c1=O. The van der Waals surface area contributed by atoms with E-state index in [9.17, 15) is 9.18 Å². The minimum atomic E-state index is -0.466. The quantitative estimate of drug-likeness (QED) is 0.910. The van der Waals surface area contributed by atoms with Crippen molar-refractivity contribution < 1.29 is 9.13 Å². The van der Waals surface area contributed by atoms with E-state index in [1.807, 2.05) is 6.92 Å². The number of ether oxygens (including phenoxy) is 1. The number of rotatable bonds is 4. The molecule has 1 aromatic heterocycles. The first kappa shape index (κ1) is 13.2. The Hall–Kier alpha value is -2.21. The van der Waals surface area contributed by atoms with E-state index in [1.165, 1.54) is 22.9 Å². The fourth-order valence-corrected chi connectivity index (χ4v) is 1.61. The van der Waals surface area contributed by atoms with Crippen LogP contribution in [0.25, 0.3) is 0 Å². The number of benzene rings is 1. The number of hydrogen-bond donors (Lipinski definition) is 1. The first-order valence-electron chi connectivity index (χ1n) is 5.87. The molecule has 0 amide bonds. The predicted octanol–water partition coefficient (Wildman–Crippen LogP) is 1.65. The van der Waals surface area contributed by atoms with Crippen LogP contribution in [-0.2, 0) is 13.1 Å². The van der Waals surface area contributed by atoms with Gasteiger partial charge in [-0.2, -0.15) is 0 Å². The third-order valence-electron chi connectivity index (χ3n) is 2.68. The molecule has 0 bridgehead atoms. The molecule has 0 spiro atoms. The molecule has 0 radical (unpaired) electrons. The Morgan fingerprint density at radius 1 is 1.47 bits per heavy atom. The highest BCUT2D eigenvalue weighted by molar-refractivity contribution is 5.31. The zero-order chi connectivity index (χ0) is 13.8. The van der Waals surface area contributed by atoms with Gasteiger partial charge in [0.2, 0.25) is 0 Å². The smallest absolute Gasteiger partial charge is 0.313 e. The lowest BCUT2D eigenvalue weighted by atomic mass is 10.2. The second-order valence-electron chi connectivity index (χ2n) is 3.88. The van der Waals surface area contributed by atoms with Crippen LogP contribution in [0.4, 0.5) is 4.39 Å². The van der Waals surface area contributed by atoms with Crippen LogP contribution in [0.15, 0.2) is 35.4 Å². The first-order chi connectivity index (χ1) is 9.15. The van der Waals surface area contributed by atoms with Crippen molar-refractivity contribution in [1.29, 1.82) is 0 Å². The van der Waals surface area contributed by atoms with Gasteiger partial charge in [-0.05, 0) is 13.0 Å². The van der Waals surface area contributed by atoms with Gasteiger partial charge >= 0.3 is 5.56 Å². The van der Waals surface area contributed by atoms with Crippen molar-refractivity contribution in [2.45, 2.75) is 20.0 Å². The number of nitrogens with zero attached hydrogens (tertiary/aromatic N) is 2. The molecule has 100 valence electrons. The molecule has 2 aromatic rings.